The third-order valence-corrected chi connectivity index (χ3v) is 3.00. The van der Waals surface area contributed by atoms with Crippen LogP contribution in [0.4, 0.5) is 4.39 Å². The molecule has 0 bridgehead atoms. The smallest absolute Gasteiger partial charge is 0.123 e. The second-order valence-corrected chi connectivity index (χ2v) is 4.66. The molecule has 0 aliphatic rings. The van der Waals surface area contributed by atoms with E-state index in [-0.39, 0.29) is 11.9 Å². The highest BCUT2D eigenvalue weighted by Crippen LogP contribution is 2.13. The highest BCUT2D eigenvalue weighted by atomic mass is 19.1. The molecule has 0 fully saturated rings. The van der Waals surface area contributed by atoms with Gasteiger partial charge in [0.25, 0.3) is 0 Å². The van der Waals surface area contributed by atoms with Crippen molar-refractivity contribution in [3.63, 3.8) is 0 Å². The summed E-state index contributed by atoms with van der Waals surface area (Å²) in [6.07, 6.45) is 1.78. The summed E-state index contributed by atoms with van der Waals surface area (Å²) in [7, 11) is 0. The van der Waals surface area contributed by atoms with E-state index in [0.29, 0.717) is 12.1 Å². The molecule has 3 nitrogen and oxygen atoms in total. The molecule has 4 heteroatoms. The average molecular weight is 263 g/mol. The average Bonchev–Trinajstić information content (AvgIpc) is 2.89. The van der Waals surface area contributed by atoms with E-state index in [1.807, 2.05) is 19.1 Å². The van der Waals surface area contributed by atoms with Gasteiger partial charge >= 0.3 is 0 Å². The minimum Gasteiger partial charge on any atom is -0.469 e. The molecule has 2 aromatic rings. The number of hydrogen-bond donors (Lipinski definition) is 2. The minimum atomic E-state index is -0.639. The molecule has 1 aromatic carbocycles. The highest BCUT2D eigenvalue weighted by Gasteiger charge is 2.10. The van der Waals surface area contributed by atoms with Crippen LogP contribution in [0.2, 0.25) is 0 Å². The van der Waals surface area contributed by atoms with E-state index < -0.39 is 6.10 Å². The quantitative estimate of drug-likeness (QED) is 0.842. The molecule has 102 valence electrons. The SMILES string of the molecule is CC(Cc1ccco1)NCC(O)c1ccc(F)cc1. The number of nitrogens with one attached hydrogen (secondary N) is 1. The molecule has 0 amide bonds. The lowest BCUT2D eigenvalue weighted by Gasteiger charge is -2.16. The molecule has 2 unspecified atom stereocenters. The first-order valence-corrected chi connectivity index (χ1v) is 6.34. The van der Waals surface area contributed by atoms with E-state index in [1.165, 1.54) is 12.1 Å². The van der Waals surface area contributed by atoms with Crippen LogP contribution in [0, 0.1) is 5.82 Å². The molecule has 0 saturated heterocycles. The first-order chi connectivity index (χ1) is 9.15. The third-order valence-electron chi connectivity index (χ3n) is 3.00. The van der Waals surface area contributed by atoms with Gasteiger partial charge in [0, 0.05) is 19.0 Å². The van der Waals surface area contributed by atoms with E-state index in [4.69, 9.17) is 4.42 Å². The Kier molecular flexibility index (Phi) is 4.71. The fourth-order valence-corrected chi connectivity index (χ4v) is 1.92. The molecule has 2 N–H and O–H groups in total. The van der Waals surface area contributed by atoms with Crippen LogP contribution in [-0.4, -0.2) is 17.7 Å². The first kappa shape index (κ1) is 13.8. The van der Waals surface area contributed by atoms with Crippen molar-refractivity contribution in [3.8, 4) is 0 Å². The number of aliphatic hydroxyl groups is 1. The standard InChI is InChI=1S/C15H18FNO2/c1-11(9-14-3-2-8-19-14)17-10-15(18)12-4-6-13(16)7-5-12/h2-8,11,15,17-18H,9-10H2,1H3. The van der Waals surface area contributed by atoms with Gasteiger partial charge < -0.3 is 14.8 Å². The summed E-state index contributed by atoms with van der Waals surface area (Å²) in [4.78, 5) is 0. The van der Waals surface area contributed by atoms with E-state index in [9.17, 15) is 9.50 Å². The number of aliphatic hydroxyl groups excluding tert-OH is 1. The van der Waals surface area contributed by atoms with Gasteiger partial charge in [-0.05, 0) is 36.8 Å². The molecule has 0 saturated carbocycles. The molecule has 1 aromatic heterocycles. The summed E-state index contributed by atoms with van der Waals surface area (Å²) >= 11 is 0. The van der Waals surface area contributed by atoms with Crippen molar-refractivity contribution in [2.24, 2.45) is 0 Å². The number of rotatable bonds is 6. The molecular weight excluding hydrogens is 245 g/mol. The fraction of sp³-hybridized carbons (Fsp3) is 0.333. The van der Waals surface area contributed by atoms with Crippen molar-refractivity contribution in [2.45, 2.75) is 25.5 Å². The van der Waals surface area contributed by atoms with Crippen LogP contribution in [0.15, 0.2) is 47.1 Å². The summed E-state index contributed by atoms with van der Waals surface area (Å²) in [6, 6.07) is 9.87. The molecular formula is C15H18FNO2. The van der Waals surface area contributed by atoms with Crippen LogP contribution in [0.3, 0.4) is 0 Å². The summed E-state index contributed by atoms with van der Waals surface area (Å²) in [6.45, 7) is 2.45. The maximum absolute atomic E-state index is 12.8. The van der Waals surface area contributed by atoms with Crippen LogP contribution in [0.5, 0.6) is 0 Å². The predicted octanol–water partition coefficient (Wildman–Crippen LogP) is 2.67. The molecule has 0 aliphatic heterocycles. The van der Waals surface area contributed by atoms with E-state index in [2.05, 4.69) is 5.32 Å². The molecule has 0 spiro atoms. The zero-order valence-electron chi connectivity index (χ0n) is 10.8. The molecule has 19 heavy (non-hydrogen) atoms. The zero-order valence-corrected chi connectivity index (χ0v) is 10.8. The summed E-state index contributed by atoms with van der Waals surface area (Å²) in [5.74, 6) is 0.617. The van der Waals surface area contributed by atoms with Gasteiger partial charge in [-0.3, -0.25) is 0 Å². The lowest BCUT2D eigenvalue weighted by atomic mass is 10.1. The summed E-state index contributed by atoms with van der Waals surface area (Å²) in [5.41, 5.74) is 0.707. The molecule has 1 heterocycles. The number of hydrogen-bond acceptors (Lipinski definition) is 3. The van der Waals surface area contributed by atoms with Crippen LogP contribution < -0.4 is 5.32 Å². The van der Waals surface area contributed by atoms with E-state index >= 15 is 0 Å². The Bertz CT molecular complexity index is 481. The van der Waals surface area contributed by atoms with Gasteiger partial charge in [0.05, 0.1) is 12.4 Å². The Hall–Kier alpha value is -1.65. The van der Waals surface area contributed by atoms with Gasteiger partial charge in [-0.1, -0.05) is 12.1 Å². The van der Waals surface area contributed by atoms with Gasteiger partial charge in [-0.25, -0.2) is 4.39 Å². The van der Waals surface area contributed by atoms with E-state index in [0.717, 1.165) is 12.2 Å². The maximum atomic E-state index is 12.8. The van der Waals surface area contributed by atoms with Crippen molar-refractivity contribution in [1.29, 1.82) is 0 Å². The Balaban J connectivity index is 1.79. The van der Waals surface area contributed by atoms with Gasteiger partial charge in [0.2, 0.25) is 0 Å². The van der Waals surface area contributed by atoms with Gasteiger partial charge in [-0.15, -0.1) is 0 Å². The van der Waals surface area contributed by atoms with Crippen molar-refractivity contribution in [2.75, 3.05) is 6.54 Å². The first-order valence-electron chi connectivity index (χ1n) is 6.34. The van der Waals surface area contributed by atoms with E-state index in [1.54, 1.807) is 18.4 Å². The largest absolute Gasteiger partial charge is 0.469 e. The molecule has 2 atom stereocenters. The Morgan fingerprint density at radius 3 is 2.63 bits per heavy atom. The van der Waals surface area contributed by atoms with Gasteiger partial charge in [-0.2, -0.15) is 0 Å². The van der Waals surface area contributed by atoms with Crippen LogP contribution >= 0.6 is 0 Å². The number of benzene rings is 1. The topological polar surface area (TPSA) is 45.4 Å². The normalized spacial score (nSPS) is 14.3. The number of halogens is 1. The third kappa shape index (κ3) is 4.19. The Morgan fingerprint density at radius 2 is 2.00 bits per heavy atom. The summed E-state index contributed by atoms with van der Waals surface area (Å²) in [5, 5.41) is 13.2. The summed E-state index contributed by atoms with van der Waals surface area (Å²) < 4.78 is 18.0. The minimum absolute atomic E-state index is 0.196. The Morgan fingerprint density at radius 1 is 1.26 bits per heavy atom. The number of furan rings is 1. The van der Waals surface area contributed by atoms with Crippen molar-refractivity contribution in [3.05, 3.63) is 59.8 Å². The van der Waals surface area contributed by atoms with Crippen LogP contribution in [0.25, 0.3) is 0 Å². The monoisotopic (exact) mass is 263 g/mol. The molecule has 0 aliphatic carbocycles. The maximum Gasteiger partial charge on any atom is 0.123 e. The Labute approximate surface area is 112 Å². The zero-order chi connectivity index (χ0) is 13.7. The lowest BCUT2D eigenvalue weighted by molar-refractivity contribution is 0.170. The van der Waals surface area contributed by atoms with Crippen LogP contribution in [-0.2, 0) is 6.42 Å². The highest BCUT2D eigenvalue weighted by molar-refractivity contribution is 5.18. The second kappa shape index (κ2) is 6.50. The van der Waals surface area contributed by atoms with Crippen molar-refractivity contribution in [1.82, 2.24) is 5.32 Å². The van der Waals surface area contributed by atoms with Crippen LogP contribution in [0.1, 0.15) is 24.4 Å². The van der Waals surface area contributed by atoms with Gasteiger partial charge in [0.1, 0.15) is 11.6 Å². The second-order valence-electron chi connectivity index (χ2n) is 4.66. The van der Waals surface area contributed by atoms with Gasteiger partial charge in [0.15, 0.2) is 0 Å². The molecule has 2 rings (SSSR count). The van der Waals surface area contributed by atoms with Crippen molar-refractivity contribution >= 4 is 0 Å². The molecule has 0 radical (unpaired) electrons. The lowest BCUT2D eigenvalue weighted by Crippen LogP contribution is -2.31. The predicted molar refractivity (Wildman–Crippen MR) is 71.2 cm³/mol. The fourth-order valence-electron chi connectivity index (χ4n) is 1.92. The van der Waals surface area contributed by atoms with Crippen molar-refractivity contribution < 1.29 is 13.9 Å².